The molecule has 0 aliphatic rings. The van der Waals surface area contributed by atoms with Crippen LogP contribution >= 0.6 is 11.6 Å². The molecule has 0 aliphatic heterocycles. The predicted molar refractivity (Wildman–Crippen MR) is 161 cm³/mol. The molecule has 9 heteroatoms. The Morgan fingerprint density at radius 2 is 1.62 bits per heavy atom. The number of anilines is 1. The standard InChI is InChI=1S/C31H38ClN3O4S/c1-7-27(30(37)33-31(4,5)6)34(20-24-13-11-12-22(2)18-24)29(36)21-35(28-19-25(32)17-16-23(28)3)40(38,39)26-14-9-8-10-15-26/h8-19,27H,7,20-21H2,1-6H3,(H,33,37)/t27-/m1/s1. The van der Waals surface area contributed by atoms with Gasteiger partial charge >= 0.3 is 0 Å². The fraction of sp³-hybridized carbons (Fsp3) is 0.355. The number of hydrogen-bond acceptors (Lipinski definition) is 4. The number of rotatable bonds is 10. The van der Waals surface area contributed by atoms with Gasteiger partial charge in [-0.15, -0.1) is 0 Å². The van der Waals surface area contributed by atoms with E-state index in [1.54, 1.807) is 43.3 Å². The summed E-state index contributed by atoms with van der Waals surface area (Å²) >= 11 is 6.28. The van der Waals surface area contributed by atoms with E-state index in [0.717, 1.165) is 15.4 Å². The van der Waals surface area contributed by atoms with E-state index in [4.69, 9.17) is 11.6 Å². The first-order valence-corrected chi connectivity index (χ1v) is 15.1. The Bertz CT molecular complexity index is 1450. The number of carbonyl (C=O) groups is 2. The number of sulfonamides is 1. The first-order chi connectivity index (χ1) is 18.7. The van der Waals surface area contributed by atoms with E-state index in [9.17, 15) is 18.0 Å². The average Bonchev–Trinajstić information content (AvgIpc) is 2.88. The Balaban J connectivity index is 2.11. The van der Waals surface area contributed by atoms with Gasteiger partial charge in [-0.2, -0.15) is 0 Å². The van der Waals surface area contributed by atoms with Crippen LogP contribution in [0.2, 0.25) is 5.02 Å². The van der Waals surface area contributed by atoms with Crippen LogP contribution in [0.25, 0.3) is 0 Å². The minimum atomic E-state index is -4.16. The van der Waals surface area contributed by atoms with Gasteiger partial charge in [0.05, 0.1) is 10.6 Å². The number of aryl methyl sites for hydroxylation is 2. The van der Waals surface area contributed by atoms with Gasteiger partial charge in [-0.1, -0.05) is 72.6 Å². The highest BCUT2D eigenvalue weighted by Gasteiger charge is 2.35. The molecule has 0 unspecified atom stereocenters. The van der Waals surface area contributed by atoms with Crippen LogP contribution < -0.4 is 9.62 Å². The lowest BCUT2D eigenvalue weighted by molar-refractivity contribution is -0.141. The fourth-order valence-corrected chi connectivity index (χ4v) is 6.12. The number of nitrogens with zero attached hydrogens (tertiary/aromatic N) is 2. The van der Waals surface area contributed by atoms with Crippen LogP contribution in [0.15, 0.2) is 77.7 Å². The summed E-state index contributed by atoms with van der Waals surface area (Å²) in [6.07, 6.45) is 0.348. The largest absolute Gasteiger partial charge is 0.350 e. The fourth-order valence-electron chi connectivity index (χ4n) is 4.46. The summed E-state index contributed by atoms with van der Waals surface area (Å²) in [6.45, 7) is 10.8. The zero-order valence-electron chi connectivity index (χ0n) is 23.9. The summed E-state index contributed by atoms with van der Waals surface area (Å²) in [7, 11) is -4.16. The second kappa shape index (κ2) is 12.9. The quantitative estimate of drug-likeness (QED) is 0.323. The Morgan fingerprint density at radius 3 is 2.23 bits per heavy atom. The zero-order chi connectivity index (χ0) is 29.7. The van der Waals surface area contributed by atoms with E-state index in [2.05, 4.69) is 5.32 Å². The van der Waals surface area contributed by atoms with Crippen molar-refractivity contribution >= 4 is 39.1 Å². The topological polar surface area (TPSA) is 86.8 Å². The molecule has 3 aromatic carbocycles. The Labute approximate surface area is 243 Å². The van der Waals surface area contributed by atoms with Crippen molar-refractivity contribution in [2.24, 2.45) is 0 Å². The molecular formula is C31H38ClN3O4S. The highest BCUT2D eigenvalue weighted by molar-refractivity contribution is 7.92. The molecule has 0 saturated heterocycles. The van der Waals surface area contributed by atoms with E-state index < -0.39 is 34.1 Å². The van der Waals surface area contributed by atoms with E-state index in [-0.39, 0.29) is 17.3 Å². The van der Waals surface area contributed by atoms with E-state index in [1.807, 2.05) is 58.9 Å². The summed E-state index contributed by atoms with van der Waals surface area (Å²) < 4.78 is 29.0. The van der Waals surface area contributed by atoms with Gasteiger partial charge in [0.15, 0.2) is 0 Å². The lowest BCUT2D eigenvalue weighted by Gasteiger charge is -2.35. The summed E-state index contributed by atoms with van der Waals surface area (Å²) in [5, 5.41) is 3.32. The summed E-state index contributed by atoms with van der Waals surface area (Å²) in [4.78, 5) is 29.1. The van der Waals surface area contributed by atoms with Crippen molar-refractivity contribution in [3.63, 3.8) is 0 Å². The highest BCUT2D eigenvalue weighted by Crippen LogP contribution is 2.30. The van der Waals surface area contributed by atoms with Gasteiger partial charge in [0, 0.05) is 17.1 Å². The van der Waals surface area contributed by atoms with Crippen LogP contribution in [0.4, 0.5) is 5.69 Å². The molecule has 0 heterocycles. The molecule has 40 heavy (non-hydrogen) atoms. The van der Waals surface area contributed by atoms with Crippen LogP contribution in [-0.2, 0) is 26.2 Å². The second-order valence-corrected chi connectivity index (χ2v) is 13.2. The molecule has 0 aliphatic carbocycles. The molecule has 7 nitrogen and oxygen atoms in total. The third-order valence-corrected chi connectivity index (χ3v) is 8.38. The minimum absolute atomic E-state index is 0.0462. The van der Waals surface area contributed by atoms with Gasteiger partial charge in [0.2, 0.25) is 11.8 Å². The first kappa shape index (κ1) is 31.2. The number of amides is 2. The molecule has 3 rings (SSSR count). The van der Waals surface area contributed by atoms with Gasteiger partial charge < -0.3 is 10.2 Å². The van der Waals surface area contributed by atoms with Gasteiger partial charge in [-0.3, -0.25) is 13.9 Å². The van der Waals surface area contributed by atoms with Crippen molar-refractivity contribution in [2.75, 3.05) is 10.8 Å². The van der Waals surface area contributed by atoms with Crippen LogP contribution in [0.5, 0.6) is 0 Å². The van der Waals surface area contributed by atoms with Gasteiger partial charge in [-0.25, -0.2) is 8.42 Å². The zero-order valence-corrected chi connectivity index (χ0v) is 25.5. The number of hydrogen-bond donors (Lipinski definition) is 1. The van der Waals surface area contributed by atoms with Gasteiger partial charge in [0.1, 0.15) is 12.6 Å². The number of carbonyl (C=O) groups excluding carboxylic acids is 2. The average molecular weight is 584 g/mol. The monoisotopic (exact) mass is 583 g/mol. The lowest BCUT2D eigenvalue weighted by atomic mass is 10.0. The third-order valence-electron chi connectivity index (χ3n) is 6.37. The lowest BCUT2D eigenvalue weighted by Crippen LogP contribution is -2.55. The van der Waals surface area contributed by atoms with E-state index >= 15 is 0 Å². The van der Waals surface area contributed by atoms with Crippen molar-refractivity contribution in [3.8, 4) is 0 Å². The van der Waals surface area contributed by atoms with Crippen LogP contribution in [0.1, 0.15) is 50.8 Å². The smallest absolute Gasteiger partial charge is 0.264 e. The minimum Gasteiger partial charge on any atom is -0.350 e. The predicted octanol–water partition coefficient (Wildman–Crippen LogP) is 5.87. The summed E-state index contributed by atoms with van der Waals surface area (Å²) in [5.41, 5.74) is 2.28. The molecule has 0 spiro atoms. The molecule has 0 aromatic heterocycles. The SMILES string of the molecule is CC[C@H](C(=O)NC(C)(C)C)N(Cc1cccc(C)c1)C(=O)CN(c1cc(Cl)ccc1C)S(=O)(=O)c1ccccc1. The maximum Gasteiger partial charge on any atom is 0.264 e. The number of nitrogens with one attached hydrogen (secondary N) is 1. The van der Waals surface area contributed by atoms with Gasteiger partial charge in [-0.05, 0) is 76.4 Å². The Hall–Kier alpha value is -3.36. The summed E-state index contributed by atoms with van der Waals surface area (Å²) in [5.74, 6) is -0.802. The van der Waals surface area contributed by atoms with Crippen molar-refractivity contribution in [3.05, 3.63) is 94.5 Å². The molecular weight excluding hydrogens is 546 g/mol. The van der Waals surface area contributed by atoms with Crippen molar-refractivity contribution in [1.29, 1.82) is 0 Å². The Kier molecular flexibility index (Phi) is 10.0. The highest BCUT2D eigenvalue weighted by atomic mass is 35.5. The molecule has 0 fully saturated rings. The van der Waals surface area contributed by atoms with Crippen LogP contribution in [0.3, 0.4) is 0 Å². The van der Waals surface area contributed by atoms with E-state index in [1.165, 1.54) is 17.0 Å². The Morgan fingerprint density at radius 1 is 0.950 bits per heavy atom. The second-order valence-electron chi connectivity index (χ2n) is 10.9. The molecule has 1 N–H and O–H groups in total. The maximum absolute atomic E-state index is 14.2. The maximum atomic E-state index is 14.2. The molecule has 0 bridgehead atoms. The van der Waals surface area contributed by atoms with Crippen molar-refractivity contribution < 1.29 is 18.0 Å². The van der Waals surface area contributed by atoms with E-state index in [0.29, 0.717) is 22.7 Å². The third kappa shape index (κ3) is 7.86. The summed E-state index contributed by atoms with van der Waals surface area (Å²) in [6, 6.07) is 19.8. The number of halogens is 1. The molecule has 2 amide bonds. The van der Waals surface area contributed by atoms with Crippen molar-refractivity contribution in [2.45, 2.75) is 71.0 Å². The molecule has 214 valence electrons. The first-order valence-electron chi connectivity index (χ1n) is 13.2. The molecule has 1 atom stereocenters. The normalized spacial score (nSPS) is 12.5. The van der Waals surface area contributed by atoms with Gasteiger partial charge in [0.25, 0.3) is 10.0 Å². The number of benzene rings is 3. The molecule has 0 radical (unpaired) electrons. The molecule has 3 aromatic rings. The molecule has 0 saturated carbocycles. The van der Waals surface area contributed by atoms with Crippen LogP contribution in [-0.4, -0.2) is 43.3 Å². The van der Waals surface area contributed by atoms with Crippen molar-refractivity contribution in [1.82, 2.24) is 10.2 Å². The van der Waals surface area contributed by atoms with Crippen LogP contribution in [0, 0.1) is 13.8 Å².